The topological polar surface area (TPSA) is 67.7 Å². The van der Waals surface area contributed by atoms with Crippen LogP contribution in [-0.4, -0.2) is 26.3 Å². The van der Waals surface area contributed by atoms with Crippen LogP contribution < -0.4 is 10.6 Å². The number of aromatic nitrogens is 4. The van der Waals surface area contributed by atoms with Gasteiger partial charge in [0, 0.05) is 43.2 Å². The van der Waals surface area contributed by atoms with E-state index >= 15 is 0 Å². The Hall–Kier alpha value is -2.11. The van der Waals surface area contributed by atoms with Gasteiger partial charge in [-0.1, -0.05) is 0 Å². The van der Waals surface area contributed by atoms with Gasteiger partial charge in [0.1, 0.15) is 5.82 Å². The van der Waals surface area contributed by atoms with Crippen LogP contribution in [0.5, 0.6) is 0 Å². The summed E-state index contributed by atoms with van der Waals surface area (Å²) in [5.74, 6) is 1.49. The Morgan fingerprint density at radius 1 is 1.15 bits per heavy atom. The predicted molar refractivity (Wildman–Crippen MR) is 80.9 cm³/mol. The monoisotopic (exact) mass is 274 g/mol. The van der Waals surface area contributed by atoms with E-state index in [9.17, 15) is 0 Å². The van der Waals surface area contributed by atoms with Crippen molar-refractivity contribution in [1.82, 2.24) is 19.7 Å². The van der Waals surface area contributed by atoms with Crippen LogP contribution in [0.2, 0.25) is 0 Å². The van der Waals surface area contributed by atoms with E-state index in [0.29, 0.717) is 12.5 Å². The highest BCUT2D eigenvalue weighted by molar-refractivity contribution is 5.43. The molecule has 20 heavy (non-hydrogen) atoms. The summed E-state index contributed by atoms with van der Waals surface area (Å²) in [5.41, 5.74) is 4.38. The average molecular weight is 274 g/mol. The molecule has 2 rings (SSSR count). The Balaban J connectivity index is 2.14. The van der Waals surface area contributed by atoms with Crippen molar-refractivity contribution in [3.05, 3.63) is 28.7 Å². The fourth-order valence-corrected chi connectivity index (χ4v) is 2.15. The van der Waals surface area contributed by atoms with E-state index in [1.807, 2.05) is 38.6 Å². The molecular weight excluding hydrogens is 252 g/mol. The minimum absolute atomic E-state index is 0.662. The molecule has 2 heterocycles. The van der Waals surface area contributed by atoms with Crippen LogP contribution in [0.15, 0.2) is 6.07 Å². The zero-order chi connectivity index (χ0) is 14.7. The molecule has 0 aliphatic carbocycles. The molecule has 2 aromatic rings. The third-order valence-corrected chi connectivity index (χ3v) is 3.29. The molecule has 0 spiro atoms. The Morgan fingerprint density at radius 3 is 2.50 bits per heavy atom. The van der Waals surface area contributed by atoms with Gasteiger partial charge in [0.15, 0.2) is 0 Å². The fourth-order valence-electron chi connectivity index (χ4n) is 2.15. The van der Waals surface area contributed by atoms with Crippen LogP contribution in [0, 0.1) is 20.8 Å². The summed E-state index contributed by atoms with van der Waals surface area (Å²) >= 11 is 0. The van der Waals surface area contributed by atoms with Crippen LogP contribution in [0.25, 0.3) is 0 Å². The van der Waals surface area contributed by atoms with Crippen molar-refractivity contribution in [2.45, 2.75) is 34.2 Å². The van der Waals surface area contributed by atoms with Gasteiger partial charge >= 0.3 is 0 Å². The quantitative estimate of drug-likeness (QED) is 0.874. The first kappa shape index (κ1) is 14.3. The van der Waals surface area contributed by atoms with Gasteiger partial charge in [-0.25, -0.2) is 4.98 Å². The van der Waals surface area contributed by atoms with Gasteiger partial charge in [-0.3, -0.25) is 4.68 Å². The molecule has 0 bridgehead atoms. The van der Waals surface area contributed by atoms with Crippen LogP contribution in [-0.2, 0) is 13.6 Å². The minimum atomic E-state index is 0.662. The van der Waals surface area contributed by atoms with E-state index in [-0.39, 0.29) is 0 Å². The lowest BCUT2D eigenvalue weighted by atomic mass is 10.2. The van der Waals surface area contributed by atoms with Gasteiger partial charge in [-0.2, -0.15) is 10.1 Å². The van der Waals surface area contributed by atoms with Crippen molar-refractivity contribution in [1.29, 1.82) is 0 Å². The molecule has 0 aliphatic heterocycles. The molecule has 6 heteroatoms. The van der Waals surface area contributed by atoms with Crippen LogP contribution in [0.4, 0.5) is 11.8 Å². The lowest BCUT2D eigenvalue weighted by Crippen LogP contribution is -2.08. The maximum absolute atomic E-state index is 4.44. The van der Waals surface area contributed by atoms with Crippen molar-refractivity contribution < 1.29 is 0 Å². The maximum atomic E-state index is 4.44. The zero-order valence-electron chi connectivity index (χ0n) is 12.8. The van der Waals surface area contributed by atoms with Gasteiger partial charge in [-0.05, 0) is 27.7 Å². The van der Waals surface area contributed by atoms with Crippen LogP contribution in [0.1, 0.15) is 29.6 Å². The van der Waals surface area contributed by atoms with Crippen molar-refractivity contribution >= 4 is 11.8 Å². The van der Waals surface area contributed by atoms with Gasteiger partial charge in [0.2, 0.25) is 5.95 Å². The first-order chi connectivity index (χ1) is 9.51. The molecule has 2 N–H and O–H groups in total. The SMILES string of the molecule is CCNc1nc(C)cc(NCc2c(C)nn(C)c2C)n1. The molecule has 0 saturated heterocycles. The van der Waals surface area contributed by atoms with Gasteiger partial charge < -0.3 is 10.6 Å². The largest absolute Gasteiger partial charge is 0.366 e. The lowest BCUT2D eigenvalue weighted by molar-refractivity contribution is 0.730. The number of nitrogens with zero attached hydrogens (tertiary/aromatic N) is 4. The molecule has 108 valence electrons. The van der Waals surface area contributed by atoms with E-state index in [4.69, 9.17) is 0 Å². The summed E-state index contributed by atoms with van der Waals surface area (Å²) in [5, 5.41) is 10.9. The Morgan fingerprint density at radius 2 is 1.90 bits per heavy atom. The number of hydrogen-bond acceptors (Lipinski definition) is 5. The molecule has 0 fully saturated rings. The summed E-state index contributed by atoms with van der Waals surface area (Å²) < 4.78 is 1.90. The van der Waals surface area contributed by atoms with Gasteiger partial charge in [-0.15, -0.1) is 0 Å². The first-order valence-electron chi connectivity index (χ1n) is 6.83. The molecule has 0 aromatic carbocycles. The third-order valence-electron chi connectivity index (χ3n) is 3.29. The molecule has 0 amide bonds. The van der Waals surface area contributed by atoms with Gasteiger partial charge in [0.05, 0.1) is 5.69 Å². The van der Waals surface area contributed by atoms with Crippen LogP contribution >= 0.6 is 0 Å². The highest BCUT2D eigenvalue weighted by Crippen LogP contribution is 2.15. The standard InChI is InChI=1S/C14H22N6/c1-6-15-14-17-9(2)7-13(18-14)16-8-12-10(3)19-20(5)11(12)4/h7H,6,8H2,1-5H3,(H2,15,16,17,18). The second kappa shape index (κ2) is 5.90. The van der Waals surface area contributed by atoms with Crippen molar-refractivity contribution in [2.24, 2.45) is 7.05 Å². The van der Waals surface area contributed by atoms with Crippen molar-refractivity contribution in [3.63, 3.8) is 0 Å². The predicted octanol–water partition coefficient (Wildman–Crippen LogP) is 2.18. The van der Waals surface area contributed by atoms with E-state index in [0.717, 1.165) is 23.8 Å². The molecule has 0 aliphatic rings. The number of nitrogens with one attached hydrogen (secondary N) is 2. The highest BCUT2D eigenvalue weighted by atomic mass is 15.3. The molecule has 0 radical (unpaired) electrons. The third kappa shape index (κ3) is 3.07. The Bertz CT molecular complexity index is 602. The van der Waals surface area contributed by atoms with Crippen LogP contribution in [0.3, 0.4) is 0 Å². The summed E-state index contributed by atoms with van der Waals surface area (Å²) in [6.45, 7) is 9.62. The highest BCUT2D eigenvalue weighted by Gasteiger charge is 2.09. The molecule has 0 saturated carbocycles. The fraction of sp³-hybridized carbons (Fsp3) is 0.500. The van der Waals surface area contributed by atoms with E-state index in [1.54, 1.807) is 0 Å². The maximum Gasteiger partial charge on any atom is 0.224 e. The van der Waals surface area contributed by atoms with Crippen molar-refractivity contribution in [3.8, 4) is 0 Å². The molecular formula is C14H22N6. The number of anilines is 2. The Kier molecular flexibility index (Phi) is 4.22. The van der Waals surface area contributed by atoms with E-state index in [1.165, 1.54) is 11.3 Å². The second-order valence-corrected chi connectivity index (χ2v) is 4.88. The second-order valence-electron chi connectivity index (χ2n) is 4.88. The number of aryl methyl sites for hydroxylation is 3. The summed E-state index contributed by atoms with van der Waals surface area (Å²) in [6, 6.07) is 1.95. The molecule has 2 aromatic heterocycles. The summed E-state index contributed by atoms with van der Waals surface area (Å²) in [4.78, 5) is 8.78. The molecule has 6 nitrogen and oxygen atoms in total. The number of rotatable bonds is 5. The van der Waals surface area contributed by atoms with Gasteiger partial charge in [0.25, 0.3) is 0 Å². The normalized spacial score (nSPS) is 10.7. The zero-order valence-corrected chi connectivity index (χ0v) is 12.8. The van der Waals surface area contributed by atoms with Crippen molar-refractivity contribution in [2.75, 3.05) is 17.2 Å². The minimum Gasteiger partial charge on any atom is -0.366 e. The summed E-state index contributed by atoms with van der Waals surface area (Å²) in [7, 11) is 1.96. The Labute approximate surface area is 119 Å². The molecule has 0 unspecified atom stereocenters. The van der Waals surface area contributed by atoms with E-state index in [2.05, 4.69) is 32.6 Å². The summed E-state index contributed by atoms with van der Waals surface area (Å²) in [6.07, 6.45) is 0. The lowest BCUT2D eigenvalue weighted by Gasteiger charge is -2.09. The smallest absolute Gasteiger partial charge is 0.224 e. The molecule has 0 atom stereocenters. The average Bonchev–Trinajstić information content (AvgIpc) is 2.61. The number of hydrogen-bond donors (Lipinski definition) is 2. The first-order valence-corrected chi connectivity index (χ1v) is 6.83. The van der Waals surface area contributed by atoms with E-state index < -0.39 is 0 Å².